The molecule has 2 unspecified atom stereocenters. The van der Waals surface area contributed by atoms with E-state index in [0.29, 0.717) is 71.8 Å². The van der Waals surface area contributed by atoms with Crippen LogP contribution in [0.3, 0.4) is 0 Å². The van der Waals surface area contributed by atoms with E-state index in [0.717, 1.165) is 42.4 Å². The number of aromatic nitrogens is 4. The molecule has 3 fully saturated rings. The molecule has 4 aliphatic rings. The third-order valence-electron chi connectivity index (χ3n) is 9.53. The number of halogens is 1. The summed E-state index contributed by atoms with van der Waals surface area (Å²) in [6.07, 6.45) is 1.43. The van der Waals surface area contributed by atoms with Crippen molar-refractivity contribution in [2.24, 2.45) is 0 Å². The van der Waals surface area contributed by atoms with Crippen molar-refractivity contribution in [3.63, 3.8) is 0 Å². The van der Waals surface area contributed by atoms with Crippen molar-refractivity contribution in [3.8, 4) is 18.1 Å². The maximum atomic E-state index is 14.4. The standard InChI is InChI=1S/C28H32FN11OS3/c1-15(22-23(32)37-44-36-22)38(2)25-17(7-30)19(34-26(35-25)41-14-27-4-3-5-40(27)9-16(29)6-27)10-39-12-28(13-39)21-18(8-31)24(33)43-20(21)11-42-28/h15-16H,3-6,9-14,33H2,1-2H3,(H2,32,37)/t15?,16?,27-/m0/s1. The molecule has 1 spiro atoms. The van der Waals surface area contributed by atoms with Gasteiger partial charge in [0.25, 0.3) is 0 Å². The number of hydrogen-bond donors (Lipinski definition) is 2. The SMILES string of the molecule is CC(c1nsnc1N)N(C)c1nc(OC[C@@]23CCCN2CC(F)C3)nc(CN2CC3(C2)SCc2sc(N)c(C#N)c23)c1C#N. The molecule has 230 valence electrons. The molecule has 0 bridgehead atoms. The number of thiophene rings is 1. The fraction of sp³-hybridized carbons (Fsp3) is 0.571. The quantitative estimate of drug-likeness (QED) is 0.363. The second-order valence-corrected chi connectivity index (χ2v) is 15.2. The number of fused-ring (bicyclic) bond motifs is 3. The Morgan fingerprint density at radius 1 is 1.20 bits per heavy atom. The third-order valence-corrected chi connectivity index (χ3v) is 12.7. The van der Waals surface area contributed by atoms with Crippen LogP contribution in [0, 0.1) is 22.7 Å². The lowest BCUT2D eigenvalue weighted by molar-refractivity contribution is 0.104. The smallest absolute Gasteiger partial charge is 0.318 e. The highest BCUT2D eigenvalue weighted by Crippen LogP contribution is 2.57. The van der Waals surface area contributed by atoms with Crippen LogP contribution < -0.4 is 21.1 Å². The zero-order chi connectivity index (χ0) is 30.8. The number of rotatable bonds is 8. The van der Waals surface area contributed by atoms with Crippen LogP contribution in [0.2, 0.25) is 0 Å². The number of alkyl halides is 1. The third kappa shape index (κ3) is 4.66. The van der Waals surface area contributed by atoms with Crippen LogP contribution in [0.4, 0.5) is 21.0 Å². The number of hydrogen-bond acceptors (Lipinski definition) is 15. The zero-order valence-corrected chi connectivity index (χ0v) is 26.9. The summed E-state index contributed by atoms with van der Waals surface area (Å²) < 4.78 is 29.0. The lowest BCUT2D eigenvalue weighted by Crippen LogP contribution is -2.56. The fourth-order valence-corrected chi connectivity index (χ4v) is 10.7. The van der Waals surface area contributed by atoms with E-state index < -0.39 is 6.17 Å². The minimum atomic E-state index is -0.871. The minimum Gasteiger partial charge on any atom is -0.461 e. The van der Waals surface area contributed by atoms with Crippen molar-refractivity contribution < 1.29 is 9.13 Å². The van der Waals surface area contributed by atoms with E-state index >= 15 is 0 Å². The van der Waals surface area contributed by atoms with Crippen molar-refractivity contribution in [1.82, 2.24) is 28.5 Å². The highest BCUT2D eigenvalue weighted by Gasteiger charge is 2.52. The van der Waals surface area contributed by atoms with E-state index in [1.807, 2.05) is 30.6 Å². The first-order valence-corrected chi connectivity index (χ1v) is 17.0. The maximum absolute atomic E-state index is 14.4. The average Bonchev–Trinajstić information content (AvgIpc) is 3.78. The predicted octanol–water partition coefficient (Wildman–Crippen LogP) is 3.41. The zero-order valence-electron chi connectivity index (χ0n) is 24.4. The molecular weight excluding hydrogens is 622 g/mol. The van der Waals surface area contributed by atoms with Gasteiger partial charge in [-0.15, -0.1) is 23.1 Å². The first-order chi connectivity index (χ1) is 21.2. The van der Waals surface area contributed by atoms with Crippen molar-refractivity contribution in [3.05, 3.63) is 33.0 Å². The van der Waals surface area contributed by atoms with Gasteiger partial charge in [-0.25, -0.2) is 4.39 Å². The van der Waals surface area contributed by atoms with E-state index in [2.05, 4.69) is 30.7 Å². The van der Waals surface area contributed by atoms with Crippen molar-refractivity contribution in [2.45, 2.75) is 61.0 Å². The second-order valence-electron chi connectivity index (χ2n) is 12.1. The lowest BCUT2D eigenvalue weighted by Gasteiger charge is -2.48. The van der Waals surface area contributed by atoms with Crippen molar-refractivity contribution in [2.75, 3.05) is 56.2 Å². The van der Waals surface area contributed by atoms with E-state index in [1.165, 1.54) is 16.2 Å². The van der Waals surface area contributed by atoms with Crippen LogP contribution in [0.15, 0.2) is 0 Å². The lowest BCUT2D eigenvalue weighted by atomic mass is 9.88. The molecule has 3 aromatic rings. The summed E-state index contributed by atoms with van der Waals surface area (Å²) in [4.78, 5) is 16.9. The number of thioether (sulfide) groups is 1. The van der Waals surface area contributed by atoms with Gasteiger partial charge in [-0.05, 0) is 26.3 Å². The van der Waals surface area contributed by atoms with Crippen LogP contribution in [0.5, 0.6) is 6.01 Å². The number of ether oxygens (including phenoxy) is 1. The van der Waals surface area contributed by atoms with Gasteiger partial charge in [0.15, 0.2) is 11.6 Å². The van der Waals surface area contributed by atoms with Crippen molar-refractivity contribution in [1.29, 1.82) is 10.5 Å². The fourth-order valence-electron chi connectivity index (χ4n) is 7.24. The molecule has 3 atom stereocenters. The molecule has 0 aromatic carbocycles. The Kier molecular flexibility index (Phi) is 7.33. The van der Waals surface area contributed by atoms with Gasteiger partial charge in [0, 0.05) is 55.8 Å². The van der Waals surface area contributed by atoms with E-state index in [1.54, 1.807) is 0 Å². The first-order valence-electron chi connectivity index (χ1n) is 14.5. The Hall–Kier alpha value is -3.28. The summed E-state index contributed by atoms with van der Waals surface area (Å²) in [5.74, 6) is 1.59. The molecule has 0 aliphatic carbocycles. The minimum absolute atomic E-state index is 0.158. The van der Waals surface area contributed by atoms with Gasteiger partial charge in [0.05, 0.1) is 39.3 Å². The number of nitriles is 2. The molecule has 12 nitrogen and oxygen atoms in total. The molecule has 16 heteroatoms. The Bertz CT molecular complexity index is 1690. The summed E-state index contributed by atoms with van der Waals surface area (Å²) >= 11 is 4.39. The summed E-state index contributed by atoms with van der Waals surface area (Å²) in [6.45, 7) is 5.32. The van der Waals surface area contributed by atoms with Crippen molar-refractivity contribution >= 4 is 51.5 Å². The highest BCUT2D eigenvalue weighted by molar-refractivity contribution is 8.00. The van der Waals surface area contributed by atoms with Gasteiger partial charge in [0.1, 0.15) is 41.2 Å². The number of nitrogens with two attached hydrogens (primary N) is 2. The summed E-state index contributed by atoms with van der Waals surface area (Å²) in [6, 6.07) is 4.49. The van der Waals surface area contributed by atoms with Gasteiger partial charge in [-0.3, -0.25) is 9.80 Å². The van der Waals surface area contributed by atoms with Gasteiger partial charge in [-0.1, -0.05) is 0 Å². The molecule has 7 rings (SSSR count). The first kappa shape index (κ1) is 29.4. The van der Waals surface area contributed by atoms with E-state index in [9.17, 15) is 14.9 Å². The molecule has 0 radical (unpaired) electrons. The molecule has 4 aliphatic heterocycles. The summed E-state index contributed by atoms with van der Waals surface area (Å²) in [5, 5.41) is 20.8. The molecule has 4 N–H and O–H groups in total. The molecular formula is C28H32FN11OS3. The van der Waals surface area contributed by atoms with E-state index in [-0.39, 0.29) is 28.9 Å². The van der Waals surface area contributed by atoms with Gasteiger partial charge >= 0.3 is 6.01 Å². The van der Waals surface area contributed by atoms with Crippen LogP contribution >= 0.6 is 34.8 Å². The monoisotopic (exact) mass is 653 g/mol. The van der Waals surface area contributed by atoms with E-state index in [4.69, 9.17) is 26.2 Å². The van der Waals surface area contributed by atoms with Crippen LogP contribution in [0.1, 0.15) is 65.2 Å². The van der Waals surface area contributed by atoms with Crippen LogP contribution in [-0.2, 0) is 17.0 Å². The molecule has 7 heterocycles. The van der Waals surface area contributed by atoms with Gasteiger partial charge in [0.2, 0.25) is 0 Å². The van der Waals surface area contributed by atoms with Gasteiger partial charge < -0.3 is 21.1 Å². The summed E-state index contributed by atoms with van der Waals surface area (Å²) in [5.41, 5.74) is 15.1. The molecule has 3 saturated heterocycles. The largest absolute Gasteiger partial charge is 0.461 e. The molecule has 3 aromatic heterocycles. The highest BCUT2D eigenvalue weighted by atomic mass is 32.2. The van der Waals surface area contributed by atoms with Crippen LogP contribution in [0.25, 0.3) is 0 Å². The molecule has 44 heavy (non-hydrogen) atoms. The molecule has 0 amide bonds. The topological polar surface area (TPSA) is 170 Å². The number of nitrogens with zero attached hydrogens (tertiary/aromatic N) is 9. The molecule has 0 saturated carbocycles. The Balaban J connectivity index is 1.19. The number of likely N-dealkylation sites (tertiary alicyclic amines) is 1. The van der Waals surface area contributed by atoms with Gasteiger partial charge in [-0.2, -0.15) is 29.2 Å². The normalized spacial score (nSPS) is 24.4. The average molecular weight is 654 g/mol. The van der Waals surface area contributed by atoms with Crippen LogP contribution in [-0.4, -0.2) is 80.1 Å². The summed E-state index contributed by atoms with van der Waals surface area (Å²) in [7, 11) is 1.84. The Morgan fingerprint density at radius 2 is 2.00 bits per heavy atom. The predicted molar refractivity (Wildman–Crippen MR) is 168 cm³/mol. The Labute approximate surface area is 267 Å². The maximum Gasteiger partial charge on any atom is 0.318 e. The second kappa shape index (κ2) is 11.0. The Morgan fingerprint density at radius 3 is 2.73 bits per heavy atom. The number of anilines is 3. The number of nitrogen functional groups attached to an aromatic ring is 2.